The van der Waals surface area contributed by atoms with E-state index in [1.54, 1.807) is 0 Å². The number of carboxylic acids is 1. The molecule has 0 aliphatic carbocycles. The van der Waals surface area contributed by atoms with E-state index in [9.17, 15) is 9.59 Å². The summed E-state index contributed by atoms with van der Waals surface area (Å²) >= 11 is 0. The van der Waals surface area contributed by atoms with Gasteiger partial charge in [-0.2, -0.15) is 0 Å². The van der Waals surface area contributed by atoms with Crippen molar-refractivity contribution in [3.05, 3.63) is 135 Å². The van der Waals surface area contributed by atoms with Crippen molar-refractivity contribution >= 4 is 5.97 Å². The fourth-order valence-electron chi connectivity index (χ4n) is 3.71. The number of hydrogen-bond donors (Lipinski definition) is 1. The average Bonchev–Trinajstić information content (AvgIpc) is 2.87. The zero-order valence-electron chi connectivity index (χ0n) is 19.3. The minimum Gasteiger partial charge on any atom is -0.489 e. The number of carbonyl (C=O) groups is 1. The van der Waals surface area contributed by atoms with Gasteiger partial charge in [-0.05, 0) is 41.3 Å². The molecule has 0 fully saturated rings. The van der Waals surface area contributed by atoms with E-state index >= 15 is 0 Å². The largest absolute Gasteiger partial charge is 0.489 e. The third-order valence-electron chi connectivity index (χ3n) is 5.60. The number of aryl methyl sites for hydroxylation is 1. The smallest absolute Gasteiger partial charge is 0.342 e. The van der Waals surface area contributed by atoms with Crippen LogP contribution < -0.4 is 10.2 Å². The molecular weight excluding hydrogens is 444 g/mol. The van der Waals surface area contributed by atoms with Crippen LogP contribution in [0.5, 0.6) is 5.75 Å². The van der Waals surface area contributed by atoms with Crippen molar-refractivity contribution in [2.75, 3.05) is 0 Å². The number of hydrogen-bond acceptors (Lipinski definition) is 5. The maximum Gasteiger partial charge on any atom is 0.342 e. The Labute approximate surface area is 203 Å². The number of rotatable bonds is 10. The second kappa shape index (κ2) is 11.3. The van der Waals surface area contributed by atoms with E-state index in [1.807, 2.05) is 85.8 Å². The van der Waals surface area contributed by atoms with E-state index in [1.165, 1.54) is 6.07 Å². The Bertz CT molecular complexity index is 1330. The van der Waals surface area contributed by atoms with Crippen molar-refractivity contribution in [3.8, 4) is 5.75 Å². The van der Waals surface area contributed by atoms with Gasteiger partial charge in [0.05, 0.1) is 12.7 Å². The number of benzene rings is 3. The normalized spacial score (nSPS) is 11.7. The summed E-state index contributed by atoms with van der Waals surface area (Å²) in [7, 11) is 0. The van der Waals surface area contributed by atoms with Crippen molar-refractivity contribution in [1.29, 1.82) is 0 Å². The van der Waals surface area contributed by atoms with Gasteiger partial charge < -0.3 is 19.0 Å². The first-order valence-electron chi connectivity index (χ1n) is 11.3. The van der Waals surface area contributed by atoms with E-state index in [2.05, 4.69) is 0 Å². The first kappa shape index (κ1) is 24.0. The Morgan fingerprint density at radius 3 is 2.17 bits per heavy atom. The summed E-state index contributed by atoms with van der Waals surface area (Å²) < 4.78 is 17.7. The fourth-order valence-corrected chi connectivity index (χ4v) is 3.71. The molecule has 4 rings (SSSR count). The maximum atomic E-state index is 12.2. The highest BCUT2D eigenvalue weighted by atomic mass is 16.5. The molecule has 0 aliphatic heterocycles. The molecule has 1 aromatic heterocycles. The van der Waals surface area contributed by atoms with Crippen molar-refractivity contribution in [2.45, 2.75) is 32.7 Å². The molecule has 3 aromatic carbocycles. The molecule has 1 N–H and O–H groups in total. The average molecular weight is 471 g/mol. The van der Waals surface area contributed by atoms with Gasteiger partial charge >= 0.3 is 5.97 Å². The zero-order valence-corrected chi connectivity index (χ0v) is 19.3. The summed E-state index contributed by atoms with van der Waals surface area (Å²) in [5.74, 6) is -0.194. The molecule has 1 heterocycles. The molecule has 1 unspecified atom stereocenters. The van der Waals surface area contributed by atoms with Crippen LogP contribution in [0.4, 0.5) is 0 Å². The van der Waals surface area contributed by atoms with Gasteiger partial charge in [0.1, 0.15) is 29.9 Å². The van der Waals surface area contributed by atoms with E-state index < -0.39 is 23.1 Å². The topological polar surface area (TPSA) is 86.0 Å². The van der Waals surface area contributed by atoms with Gasteiger partial charge in [-0.3, -0.25) is 4.79 Å². The summed E-state index contributed by atoms with van der Waals surface area (Å²) in [5, 5.41) is 9.10. The van der Waals surface area contributed by atoms with Crippen LogP contribution in [0, 0.1) is 6.92 Å². The monoisotopic (exact) mass is 470 g/mol. The van der Waals surface area contributed by atoms with Gasteiger partial charge in [-0.1, -0.05) is 66.7 Å². The third kappa shape index (κ3) is 6.46. The fraction of sp³-hybridized carbons (Fsp3) is 0.172. The highest BCUT2D eigenvalue weighted by molar-refractivity contribution is 5.86. The molecule has 0 aliphatic rings. The van der Waals surface area contributed by atoms with Gasteiger partial charge in [0.15, 0.2) is 5.43 Å². The van der Waals surface area contributed by atoms with Gasteiger partial charge in [0.2, 0.25) is 0 Å². The van der Waals surface area contributed by atoms with Crippen molar-refractivity contribution in [3.63, 3.8) is 0 Å². The summed E-state index contributed by atoms with van der Waals surface area (Å²) in [6.45, 7) is 2.81. The lowest BCUT2D eigenvalue weighted by Gasteiger charge is -2.20. The second-order valence-electron chi connectivity index (χ2n) is 8.22. The minimum absolute atomic E-state index is 0.269. The molecule has 0 radical (unpaired) electrons. The number of aromatic carboxylic acids is 1. The van der Waals surface area contributed by atoms with Gasteiger partial charge in [0, 0.05) is 12.5 Å². The Hall–Kier alpha value is -4.16. The molecule has 0 bridgehead atoms. The van der Waals surface area contributed by atoms with Crippen LogP contribution >= 0.6 is 0 Å². The molecule has 0 saturated carbocycles. The highest BCUT2D eigenvalue weighted by Crippen LogP contribution is 2.29. The molecule has 178 valence electrons. The first-order valence-corrected chi connectivity index (χ1v) is 11.3. The van der Waals surface area contributed by atoms with Crippen LogP contribution in [0.2, 0.25) is 0 Å². The van der Waals surface area contributed by atoms with Gasteiger partial charge in [0.25, 0.3) is 0 Å². The Morgan fingerprint density at radius 1 is 0.914 bits per heavy atom. The molecule has 4 aromatic rings. The molecule has 35 heavy (non-hydrogen) atoms. The second-order valence-corrected chi connectivity index (χ2v) is 8.22. The SMILES string of the molecule is Cc1cc(C(Cc2cc(=O)c(C(=O)O)co2)OCc2ccccc2)ccc1OCc1ccccc1. The quantitative estimate of drug-likeness (QED) is 0.319. The minimum atomic E-state index is -1.32. The van der Waals surface area contributed by atoms with Crippen LogP contribution in [0.1, 0.15) is 44.5 Å². The lowest BCUT2D eigenvalue weighted by molar-refractivity contribution is 0.0362. The predicted molar refractivity (Wildman–Crippen MR) is 132 cm³/mol. The number of ether oxygens (including phenoxy) is 2. The molecule has 1 atom stereocenters. The third-order valence-corrected chi connectivity index (χ3v) is 5.60. The molecule has 6 heteroatoms. The standard InChI is InChI=1S/C29H26O6/c1-20-14-23(12-13-27(20)34-17-21-8-4-2-5-9-21)28(35-18-22-10-6-3-7-11-22)16-24-15-26(30)25(19-33-24)29(31)32/h2-15,19,28H,16-18H2,1H3,(H,31,32). The maximum absolute atomic E-state index is 12.2. The molecule has 0 amide bonds. The zero-order chi connectivity index (χ0) is 24.6. The Morgan fingerprint density at radius 2 is 1.57 bits per heavy atom. The predicted octanol–water partition coefficient (Wildman–Crippen LogP) is 5.73. The van der Waals surface area contributed by atoms with Gasteiger partial charge in [-0.15, -0.1) is 0 Å². The van der Waals surface area contributed by atoms with Crippen LogP contribution in [0.15, 0.2) is 100 Å². The summed E-state index contributed by atoms with van der Waals surface area (Å²) in [6.07, 6.45) is 0.835. The molecule has 6 nitrogen and oxygen atoms in total. The lowest BCUT2D eigenvalue weighted by Crippen LogP contribution is -2.15. The van der Waals surface area contributed by atoms with Crippen LogP contribution in [0.3, 0.4) is 0 Å². The molecule has 0 spiro atoms. The van der Waals surface area contributed by atoms with Crippen molar-refractivity contribution in [2.24, 2.45) is 0 Å². The Kier molecular flexibility index (Phi) is 7.75. The van der Waals surface area contributed by atoms with Crippen molar-refractivity contribution < 1.29 is 23.8 Å². The summed E-state index contributed by atoms with van der Waals surface area (Å²) in [6, 6.07) is 26.8. The Balaban J connectivity index is 1.55. The first-order chi connectivity index (χ1) is 17.0. The van der Waals surface area contributed by atoms with Crippen LogP contribution in [-0.4, -0.2) is 11.1 Å². The molecule has 0 saturated heterocycles. The number of carboxylic acid groups (broad SMARTS) is 1. The van der Waals surface area contributed by atoms with E-state index in [0.717, 1.165) is 34.3 Å². The van der Waals surface area contributed by atoms with E-state index in [4.69, 9.17) is 19.0 Å². The lowest BCUT2D eigenvalue weighted by atomic mass is 10.0. The van der Waals surface area contributed by atoms with Gasteiger partial charge in [-0.25, -0.2) is 4.79 Å². The molecular formula is C29H26O6. The van der Waals surface area contributed by atoms with Crippen LogP contribution in [0.25, 0.3) is 0 Å². The van der Waals surface area contributed by atoms with Crippen molar-refractivity contribution in [1.82, 2.24) is 0 Å². The van der Waals surface area contributed by atoms with Crippen LogP contribution in [-0.2, 0) is 24.4 Å². The highest BCUT2D eigenvalue weighted by Gasteiger charge is 2.18. The summed E-state index contributed by atoms with van der Waals surface area (Å²) in [4.78, 5) is 23.3. The summed E-state index contributed by atoms with van der Waals surface area (Å²) in [5.41, 5.74) is 2.96. The van der Waals surface area contributed by atoms with E-state index in [0.29, 0.717) is 19.0 Å². The van der Waals surface area contributed by atoms with E-state index in [-0.39, 0.29) is 6.42 Å².